The van der Waals surface area contributed by atoms with Gasteiger partial charge >= 0.3 is 0 Å². The van der Waals surface area contributed by atoms with E-state index in [2.05, 4.69) is 34.0 Å². The van der Waals surface area contributed by atoms with Crippen molar-refractivity contribution in [2.24, 2.45) is 5.73 Å². The molecule has 18 heavy (non-hydrogen) atoms. The average molecular weight is 252 g/mol. The van der Waals surface area contributed by atoms with Crippen LogP contribution in [-0.2, 0) is 13.1 Å². The maximum atomic E-state index is 5.52. The Labute approximate surface area is 109 Å². The van der Waals surface area contributed by atoms with E-state index in [0.717, 1.165) is 38.4 Å². The third-order valence-electron chi connectivity index (χ3n) is 3.70. The minimum Gasteiger partial charge on any atom is -0.325 e. The quantitative estimate of drug-likeness (QED) is 0.784. The van der Waals surface area contributed by atoms with Gasteiger partial charge in [0.05, 0.1) is 12.2 Å². The van der Waals surface area contributed by atoms with Gasteiger partial charge in [-0.3, -0.25) is 14.5 Å². The number of nitrogens with zero attached hydrogens (tertiary/aromatic N) is 5. The Balaban J connectivity index is 1.77. The van der Waals surface area contributed by atoms with Crippen LogP contribution in [0.25, 0.3) is 0 Å². The maximum Gasteiger partial charge on any atom is 0.0962 e. The molecule has 1 unspecified atom stereocenters. The Morgan fingerprint density at radius 2 is 2.22 bits per heavy atom. The molecule has 1 aromatic rings. The van der Waals surface area contributed by atoms with E-state index in [9.17, 15) is 0 Å². The van der Waals surface area contributed by atoms with Crippen molar-refractivity contribution < 1.29 is 0 Å². The molecular formula is C12H24N6. The number of nitrogens with two attached hydrogens (primary N) is 1. The zero-order valence-electron chi connectivity index (χ0n) is 11.4. The second-order valence-electron chi connectivity index (χ2n) is 4.96. The molecule has 6 heteroatoms. The molecule has 2 N–H and O–H groups in total. The van der Waals surface area contributed by atoms with Gasteiger partial charge in [0, 0.05) is 45.0 Å². The van der Waals surface area contributed by atoms with E-state index >= 15 is 0 Å². The van der Waals surface area contributed by atoms with E-state index in [4.69, 9.17) is 5.73 Å². The predicted molar refractivity (Wildman–Crippen MR) is 71.1 cm³/mol. The number of hydrogen-bond donors (Lipinski definition) is 1. The molecule has 1 saturated heterocycles. The van der Waals surface area contributed by atoms with Crippen molar-refractivity contribution in [3.05, 3.63) is 11.9 Å². The number of piperazine rings is 1. The van der Waals surface area contributed by atoms with Gasteiger partial charge in [-0.1, -0.05) is 12.1 Å². The molecule has 6 nitrogen and oxygen atoms in total. The summed E-state index contributed by atoms with van der Waals surface area (Å²) in [4.78, 5) is 5.03. The Kier molecular flexibility index (Phi) is 4.68. The molecule has 0 radical (unpaired) electrons. The monoisotopic (exact) mass is 252 g/mol. The summed E-state index contributed by atoms with van der Waals surface area (Å²) in [7, 11) is 0. The van der Waals surface area contributed by atoms with E-state index in [1.807, 2.05) is 10.9 Å². The standard InChI is InChI=1S/C12H24N6/c1-3-17-6-4-16(9-11(17)2)5-7-18-10-12(8-13)14-15-18/h10-11H,3-9,13H2,1-2H3. The Morgan fingerprint density at radius 3 is 2.83 bits per heavy atom. The first-order chi connectivity index (χ1) is 8.72. The molecule has 1 fully saturated rings. The number of rotatable bonds is 5. The van der Waals surface area contributed by atoms with Crippen molar-refractivity contribution in [3.63, 3.8) is 0 Å². The maximum absolute atomic E-state index is 5.52. The average Bonchev–Trinajstić information content (AvgIpc) is 2.84. The number of aromatic nitrogens is 3. The fourth-order valence-electron chi connectivity index (χ4n) is 2.53. The zero-order chi connectivity index (χ0) is 13.0. The van der Waals surface area contributed by atoms with Crippen LogP contribution in [0.15, 0.2) is 6.20 Å². The molecule has 0 amide bonds. The lowest BCUT2D eigenvalue weighted by molar-refractivity contribution is 0.0850. The summed E-state index contributed by atoms with van der Waals surface area (Å²) in [6.07, 6.45) is 1.94. The van der Waals surface area contributed by atoms with Gasteiger partial charge in [-0.2, -0.15) is 0 Å². The summed E-state index contributed by atoms with van der Waals surface area (Å²) in [6, 6.07) is 0.652. The van der Waals surface area contributed by atoms with Crippen LogP contribution in [0.3, 0.4) is 0 Å². The molecule has 0 aliphatic carbocycles. The molecular weight excluding hydrogens is 228 g/mol. The van der Waals surface area contributed by atoms with Crippen molar-refractivity contribution in [2.75, 3.05) is 32.7 Å². The molecule has 0 saturated carbocycles. The highest BCUT2D eigenvalue weighted by Gasteiger charge is 2.21. The highest BCUT2D eigenvalue weighted by Crippen LogP contribution is 2.08. The normalized spacial score (nSPS) is 22.5. The number of likely N-dealkylation sites (N-methyl/N-ethyl adjacent to an activating group) is 1. The van der Waals surface area contributed by atoms with Crippen LogP contribution < -0.4 is 5.73 Å². The summed E-state index contributed by atoms with van der Waals surface area (Å²) >= 11 is 0. The van der Waals surface area contributed by atoms with Gasteiger partial charge in [-0.25, -0.2) is 0 Å². The fraction of sp³-hybridized carbons (Fsp3) is 0.833. The lowest BCUT2D eigenvalue weighted by Gasteiger charge is -2.39. The molecule has 2 heterocycles. The summed E-state index contributed by atoms with van der Waals surface area (Å²) in [5.41, 5.74) is 6.38. The van der Waals surface area contributed by atoms with E-state index in [-0.39, 0.29) is 0 Å². The third-order valence-corrected chi connectivity index (χ3v) is 3.70. The van der Waals surface area contributed by atoms with Gasteiger partial charge < -0.3 is 5.73 Å². The van der Waals surface area contributed by atoms with Crippen molar-refractivity contribution in [2.45, 2.75) is 33.0 Å². The molecule has 1 aliphatic heterocycles. The lowest BCUT2D eigenvalue weighted by Crippen LogP contribution is -2.52. The van der Waals surface area contributed by atoms with Crippen molar-refractivity contribution in [3.8, 4) is 0 Å². The van der Waals surface area contributed by atoms with Crippen LogP contribution in [0, 0.1) is 0 Å². The number of hydrogen-bond acceptors (Lipinski definition) is 5. The summed E-state index contributed by atoms with van der Waals surface area (Å²) < 4.78 is 1.89. The predicted octanol–water partition coefficient (Wildman–Crippen LogP) is -0.237. The van der Waals surface area contributed by atoms with Crippen LogP contribution in [0.5, 0.6) is 0 Å². The lowest BCUT2D eigenvalue weighted by atomic mass is 10.2. The molecule has 0 bridgehead atoms. The van der Waals surface area contributed by atoms with Crippen LogP contribution in [0.2, 0.25) is 0 Å². The second-order valence-corrected chi connectivity index (χ2v) is 4.96. The highest BCUT2D eigenvalue weighted by atomic mass is 15.4. The van der Waals surface area contributed by atoms with Crippen molar-refractivity contribution in [1.29, 1.82) is 0 Å². The SMILES string of the molecule is CCN1CCN(CCn2cc(CN)nn2)CC1C. The molecule has 0 aromatic carbocycles. The molecule has 102 valence electrons. The molecule has 1 aliphatic rings. The van der Waals surface area contributed by atoms with Gasteiger partial charge in [0.25, 0.3) is 0 Å². The third kappa shape index (κ3) is 3.28. The van der Waals surface area contributed by atoms with Crippen LogP contribution >= 0.6 is 0 Å². The smallest absolute Gasteiger partial charge is 0.0962 e. The highest BCUT2D eigenvalue weighted by molar-refractivity contribution is 4.90. The molecule has 1 aromatic heterocycles. The first-order valence-corrected chi connectivity index (χ1v) is 6.78. The van der Waals surface area contributed by atoms with Crippen LogP contribution in [-0.4, -0.2) is 63.6 Å². The Hall–Kier alpha value is -0.980. The van der Waals surface area contributed by atoms with Crippen molar-refractivity contribution in [1.82, 2.24) is 24.8 Å². The molecule has 0 spiro atoms. The molecule has 2 rings (SSSR count). The minimum absolute atomic E-state index is 0.464. The van der Waals surface area contributed by atoms with Gasteiger partial charge in [0.2, 0.25) is 0 Å². The van der Waals surface area contributed by atoms with Gasteiger partial charge in [-0.15, -0.1) is 5.10 Å². The Morgan fingerprint density at radius 1 is 1.39 bits per heavy atom. The van der Waals surface area contributed by atoms with E-state index in [1.165, 1.54) is 6.54 Å². The van der Waals surface area contributed by atoms with Crippen LogP contribution in [0.1, 0.15) is 19.5 Å². The summed E-state index contributed by atoms with van der Waals surface area (Å²) in [6.45, 7) is 11.5. The summed E-state index contributed by atoms with van der Waals surface area (Å²) in [5, 5.41) is 8.07. The summed E-state index contributed by atoms with van der Waals surface area (Å²) in [5.74, 6) is 0. The zero-order valence-corrected chi connectivity index (χ0v) is 11.4. The van der Waals surface area contributed by atoms with Crippen molar-refractivity contribution >= 4 is 0 Å². The fourth-order valence-corrected chi connectivity index (χ4v) is 2.53. The first-order valence-electron chi connectivity index (χ1n) is 6.78. The van der Waals surface area contributed by atoms with E-state index in [0.29, 0.717) is 12.6 Å². The Bertz CT molecular complexity index is 363. The van der Waals surface area contributed by atoms with Gasteiger partial charge in [0.15, 0.2) is 0 Å². The largest absolute Gasteiger partial charge is 0.325 e. The molecule has 1 atom stereocenters. The van der Waals surface area contributed by atoms with Gasteiger partial charge in [0.1, 0.15) is 0 Å². The van der Waals surface area contributed by atoms with E-state index in [1.54, 1.807) is 0 Å². The topological polar surface area (TPSA) is 63.2 Å². The van der Waals surface area contributed by atoms with Gasteiger partial charge in [-0.05, 0) is 13.5 Å². The van der Waals surface area contributed by atoms with E-state index < -0.39 is 0 Å². The second kappa shape index (κ2) is 6.26. The minimum atomic E-state index is 0.464. The first kappa shape index (κ1) is 13.5. The van der Waals surface area contributed by atoms with Crippen LogP contribution in [0.4, 0.5) is 0 Å².